The van der Waals surface area contributed by atoms with Crippen LogP contribution in [0.2, 0.25) is 0 Å². The average Bonchev–Trinajstić information content (AvgIpc) is 2.82. The number of amides is 2. The number of rotatable bonds is 9. The van der Waals surface area contributed by atoms with E-state index in [1.807, 2.05) is 62.4 Å². The van der Waals surface area contributed by atoms with Gasteiger partial charge in [0.2, 0.25) is 5.91 Å². The van der Waals surface area contributed by atoms with Gasteiger partial charge in [0.25, 0.3) is 5.91 Å². The van der Waals surface area contributed by atoms with Crippen molar-refractivity contribution in [3.8, 4) is 5.75 Å². The Kier molecular flexibility index (Phi) is 8.93. The Hall–Kier alpha value is -2.82. The maximum atomic E-state index is 13.3. The molecule has 5 heteroatoms. The van der Waals surface area contributed by atoms with Gasteiger partial charge in [-0.15, -0.1) is 0 Å². The van der Waals surface area contributed by atoms with Gasteiger partial charge in [-0.25, -0.2) is 0 Å². The van der Waals surface area contributed by atoms with Crippen molar-refractivity contribution in [2.24, 2.45) is 0 Å². The van der Waals surface area contributed by atoms with Gasteiger partial charge in [0.1, 0.15) is 11.8 Å². The van der Waals surface area contributed by atoms with Crippen LogP contribution < -0.4 is 10.1 Å². The lowest BCUT2D eigenvalue weighted by molar-refractivity contribution is -0.142. The zero-order valence-electron chi connectivity index (χ0n) is 20.5. The fourth-order valence-electron chi connectivity index (χ4n) is 4.30. The first-order valence-electron chi connectivity index (χ1n) is 12.2. The molecule has 1 aliphatic carbocycles. The minimum absolute atomic E-state index is 0.0925. The first-order valence-corrected chi connectivity index (χ1v) is 12.2. The smallest absolute Gasteiger partial charge is 0.261 e. The fourth-order valence-corrected chi connectivity index (χ4v) is 4.30. The third-order valence-electron chi connectivity index (χ3n) is 6.63. The molecule has 1 aliphatic rings. The van der Waals surface area contributed by atoms with Crippen molar-refractivity contribution >= 4 is 11.8 Å². The van der Waals surface area contributed by atoms with Gasteiger partial charge in [-0.05, 0) is 61.4 Å². The number of carbonyl (C=O) groups excluding carboxylic acids is 2. The number of hydrogen-bond donors (Lipinski definition) is 1. The summed E-state index contributed by atoms with van der Waals surface area (Å²) < 4.78 is 5.81. The Morgan fingerprint density at radius 3 is 2.30 bits per heavy atom. The molecule has 33 heavy (non-hydrogen) atoms. The number of hydrogen-bond acceptors (Lipinski definition) is 3. The molecule has 0 bridgehead atoms. The molecule has 0 saturated heterocycles. The molecule has 3 rings (SSSR count). The number of benzene rings is 2. The molecule has 0 spiro atoms. The van der Waals surface area contributed by atoms with Gasteiger partial charge in [0.15, 0.2) is 6.61 Å². The molecule has 2 amide bonds. The standard InChI is InChI=1S/C28H38N2O3/c1-20(2)23-14-16-26(17-15-23)33-19-27(31)30(18-24-11-9-8-10-21(24)3)22(4)28(32)29-25-12-6-5-7-13-25/h8-11,14-17,20,22,25H,5-7,12-13,18-19H2,1-4H3,(H,29,32)/t22-/m1/s1. The molecule has 2 aromatic rings. The maximum Gasteiger partial charge on any atom is 0.261 e. The zero-order chi connectivity index (χ0) is 23.8. The van der Waals surface area contributed by atoms with Crippen molar-refractivity contribution in [1.82, 2.24) is 10.2 Å². The van der Waals surface area contributed by atoms with Gasteiger partial charge in [-0.2, -0.15) is 0 Å². The van der Waals surface area contributed by atoms with Crippen LogP contribution in [0.15, 0.2) is 48.5 Å². The SMILES string of the molecule is Cc1ccccc1CN(C(=O)COc1ccc(C(C)C)cc1)[C@H](C)C(=O)NC1CCCCC1. The van der Waals surface area contributed by atoms with E-state index in [9.17, 15) is 9.59 Å². The van der Waals surface area contributed by atoms with E-state index < -0.39 is 6.04 Å². The van der Waals surface area contributed by atoms with E-state index in [0.29, 0.717) is 18.2 Å². The lowest BCUT2D eigenvalue weighted by Gasteiger charge is -2.31. The third kappa shape index (κ3) is 7.08. The van der Waals surface area contributed by atoms with Crippen LogP contribution in [0.4, 0.5) is 0 Å². The molecule has 5 nitrogen and oxygen atoms in total. The second kappa shape index (κ2) is 11.9. The van der Waals surface area contributed by atoms with E-state index in [-0.39, 0.29) is 24.5 Å². The molecule has 2 aromatic carbocycles. The molecule has 1 N–H and O–H groups in total. The second-order valence-electron chi connectivity index (χ2n) is 9.48. The number of aryl methyl sites for hydroxylation is 1. The largest absolute Gasteiger partial charge is 0.484 e. The maximum absolute atomic E-state index is 13.3. The molecule has 178 valence electrons. The fraction of sp³-hybridized carbons (Fsp3) is 0.500. The van der Waals surface area contributed by atoms with Crippen LogP contribution in [0.25, 0.3) is 0 Å². The highest BCUT2D eigenvalue weighted by Crippen LogP contribution is 2.20. The van der Waals surface area contributed by atoms with Gasteiger partial charge in [0.05, 0.1) is 0 Å². The molecular weight excluding hydrogens is 412 g/mol. The molecule has 0 heterocycles. The lowest BCUT2D eigenvalue weighted by Crippen LogP contribution is -2.51. The third-order valence-corrected chi connectivity index (χ3v) is 6.63. The first kappa shape index (κ1) is 24.8. The Bertz CT molecular complexity index is 917. The van der Waals surface area contributed by atoms with E-state index in [1.54, 1.807) is 4.90 Å². The van der Waals surface area contributed by atoms with E-state index in [0.717, 1.165) is 36.8 Å². The Morgan fingerprint density at radius 2 is 1.67 bits per heavy atom. The summed E-state index contributed by atoms with van der Waals surface area (Å²) in [4.78, 5) is 28.0. The Labute approximate surface area is 198 Å². The van der Waals surface area contributed by atoms with Crippen LogP contribution >= 0.6 is 0 Å². The molecule has 1 saturated carbocycles. The molecule has 1 atom stereocenters. The summed E-state index contributed by atoms with van der Waals surface area (Å²) in [5.41, 5.74) is 3.35. The summed E-state index contributed by atoms with van der Waals surface area (Å²) in [6.07, 6.45) is 5.55. The normalized spacial score (nSPS) is 15.2. The summed E-state index contributed by atoms with van der Waals surface area (Å²) in [5.74, 6) is 0.805. The summed E-state index contributed by atoms with van der Waals surface area (Å²) in [7, 11) is 0. The second-order valence-corrected chi connectivity index (χ2v) is 9.48. The van der Waals surface area contributed by atoms with Crippen LogP contribution in [0.1, 0.15) is 75.5 Å². The van der Waals surface area contributed by atoms with Crippen molar-refractivity contribution in [2.45, 2.75) is 84.3 Å². The minimum Gasteiger partial charge on any atom is -0.484 e. The molecule has 0 unspecified atom stereocenters. The van der Waals surface area contributed by atoms with E-state index >= 15 is 0 Å². The molecule has 0 aliphatic heterocycles. The van der Waals surface area contributed by atoms with Gasteiger partial charge < -0.3 is 15.0 Å². The van der Waals surface area contributed by atoms with E-state index in [4.69, 9.17) is 4.74 Å². The monoisotopic (exact) mass is 450 g/mol. The summed E-state index contributed by atoms with van der Waals surface area (Å²) in [6, 6.07) is 15.4. The van der Waals surface area contributed by atoms with Crippen LogP contribution in [0.3, 0.4) is 0 Å². The van der Waals surface area contributed by atoms with Crippen molar-refractivity contribution in [2.75, 3.05) is 6.61 Å². The summed E-state index contributed by atoms with van der Waals surface area (Å²) >= 11 is 0. The predicted octanol–water partition coefficient (Wildman–Crippen LogP) is 5.36. The molecule has 1 fully saturated rings. The van der Waals surface area contributed by atoms with Crippen LogP contribution in [0.5, 0.6) is 5.75 Å². The van der Waals surface area contributed by atoms with Gasteiger partial charge in [-0.3, -0.25) is 9.59 Å². The average molecular weight is 451 g/mol. The summed E-state index contributed by atoms with van der Waals surface area (Å²) in [6.45, 7) is 8.39. The topological polar surface area (TPSA) is 58.6 Å². The highest BCUT2D eigenvalue weighted by molar-refractivity contribution is 5.88. The van der Waals surface area contributed by atoms with Gasteiger partial charge in [-0.1, -0.05) is 69.5 Å². The zero-order valence-corrected chi connectivity index (χ0v) is 20.5. The molecule has 0 aromatic heterocycles. The lowest BCUT2D eigenvalue weighted by atomic mass is 9.95. The number of ether oxygens (including phenoxy) is 1. The van der Waals surface area contributed by atoms with Crippen molar-refractivity contribution < 1.29 is 14.3 Å². The van der Waals surface area contributed by atoms with Crippen molar-refractivity contribution in [1.29, 1.82) is 0 Å². The predicted molar refractivity (Wildman–Crippen MR) is 132 cm³/mol. The molecular formula is C28H38N2O3. The number of nitrogens with one attached hydrogen (secondary N) is 1. The Balaban J connectivity index is 1.70. The first-order chi connectivity index (χ1) is 15.8. The highest BCUT2D eigenvalue weighted by atomic mass is 16.5. The van der Waals surface area contributed by atoms with Crippen LogP contribution in [-0.2, 0) is 16.1 Å². The Morgan fingerprint density at radius 1 is 1.00 bits per heavy atom. The highest BCUT2D eigenvalue weighted by Gasteiger charge is 2.28. The van der Waals surface area contributed by atoms with Gasteiger partial charge in [0, 0.05) is 12.6 Å². The molecule has 0 radical (unpaired) electrons. The number of carbonyl (C=O) groups is 2. The van der Waals surface area contributed by atoms with Crippen molar-refractivity contribution in [3.05, 3.63) is 65.2 Å². The quantitative estimate of drug-likeness (QED) is 0.559. The van der Waals surface area contributed by atoms with Crippen LogP contribution in [0, 0.1) is 6.92 Å². The van der Waals surface area contributed by atoms with Crippen molar-refractivity contribution in [3.63, 3.8) is 0 Å². The van der Waals surface area contributed by atoms with Crippen LogP contribution in [-0.4, -0.2) is 35.4 Å². The van der Waals surface area contributed by atoms with E-state index in [1.165, 1.54) is 12.0 Å². The summed E-state index contributed by atoms with van der Waals surface area (Å²) in [5, 5.41) is 3.17. The number of nitrogens with zero attached hydrogens (tertiary/aromatic N) is 1. The van der Waals surface area contributed by atoms with E-state index in [2.05, 4.69) is 19.2 Å². The van der Waals surface area contributed by atoms with Gasteiger partial charge >= 0.3 is 0 Å². The minimum atomic E-state index is -0.578.